The fourth-order valence-corrected chi connectivity index (χ4v) is 4.58. The van der Waals surface area contributed by atoms with E-state index in [0.29, 0.717) is 12.1 Å². The maximum atomic E-state index is 5.63. The molecular weight excluding hydrogens is 326 g/mol. The van der Waals surface area contributed by atoms with Crippen molar-refractivity contribution < 1.29 is 4.74 Å². The largest absolute Gasteiger partial charge is 0.376 e. The third kappa shape index (κ3) is 4.93. The van der Waals surface area contributed by atoms with Gasteiger partial charge in [0.05, 0.1) is 6.10 Å². The lowest BCUT2D eigenvalue weighted by Gasteiger charge is -2.27. The zero-order chi connectivity index (χ0) is 17.6. The van der Waals surface area contributed by atoms with Crippen molar-refractivity contribution in [1.29, 1.82) is 0 Å². The highest BCUT2D eigenvalue weighted by Crippen LogP contribution is 2.24. The number of aromatic nitrogens is 2. The predicted octanol–water partition coefficient (Wildman–Crippen LogP) is 2.52. The molecule has 1 aromatic rings. The van der Waals surface area contributed by atoms with Gasteiger partial charge in [0.25, 0.3) is 0 Å². The Balaban J connectivity index is 1.23. The third-order valence-corrected chi connectivity index (χ3v) is 6.09. The van der Waals surface area contributed by atoms with Gasteiger partial charge in [-0.1, -0.05) is 12.8 Å². The van der Waals surface area contributed by atoms with Crippen LogP contribution in [0.15, 0.2) is 12.4 Å². The number of hydrogen-bond donors (Lipinski definition) is 1. The van der Waals surface area contributed by atoms with Crippen LogP contribution in [-0.4, -0.2) is 71.2 Å². The van der Waals surface area contributed by atoms with Gasteiger partial charge in [-0.3, -0.25) is 9.80 Å². The number of nitrogens with one attached hydrogen (secondary N) is 1. The fraction of sp³-hybridized carbons (Fsp3) is 0.800. The maximum Gasteiger partial charge on any atom is 0.222 e. The Bertz CT molecular complexity index is 540. The smallest absolute Gasteiger partial charge is 0.222 e. The first-order valence-corrected chi connectivity index (χ1v) is 10.5. The second kappa shape index (κ2) is 9.11. The summed E-state index contributed by atoms with van der Waals surface area (Å²) in [4.78, 5) is 14.3. The molecule has 1 aromatic heterocycles. The summed E-state index contributed by atoms with van der Waals surface area (Å²) < 4.78 is 5.63. The SMILES string of the molecule is c1nc(NC[C@@H]2CCCO2)ncc1CN1CCCN(C2CCCC2)CC1. The van der Waals surface area contributed by atoms with Gasteiger partial charge in [0, 0.05) is 56.8 Å². The van der Waals surface area contributed by atoms with Gasteiger partial charge < -0.3 is 10.1 Å². The highest BCUT2D eigenvalue weighted by molar-refractivity contribution is 5.25. The van der Waals surface area contributed by atoms with Crippen LogP contribution in [0.2, 0.25) is 0 Å². The topological polar surface area (TPSA) is 53.5 Å². The van der Waals surface area contributed by atoms with Crippen LogP contribution in [0.3, 0.4) is 0 Å². The van der Waals surface area contributed by atoms with Crippen molar-refractivity contribution in [2.75, 3.05) is 44.6 Å². The Kier molecular flexibility index (Phi) is 6.35. The van der Waals surface area contributed by atoms with Crippen molar-refractivity contribution in [1.82, 2.24) is 19.8 Å². The summed E-state index contributed by atoms with van der Waals surface area (Å²) in [6.45, 7) is 7.49. The lowest BCUT2D eigenvalue weighted by atomic mass is 10.2. The van der Waals surface area contributed by atoms with Crippen molar-refractivity contribution in [2.24, 2.45) is 0 Å². The molecule has 3 fully saturated rings. The Labute approximate surface area is 157 Å². The highest BCUT2D eigenvalue weighted by atomic mass is 16.5. The number of anilines is 1. The molecule has 1 aliphatic carbocycles. The number of hydrogen-bond acceptors (Lipinski definition) is 6. The van der Waals surface area contributed by atoms with Crippen LogP contribution in [0.25, 0.3) is 0 Å². The summed E-state index contributed by atoms with van der Waals surface area (Å²) >= 11 is 0. The summed E-state index contributed by atoms with van der Waals surface area (Å²) in [5, 5.41) is 3.30. The molecule has 2 saturated heterocycles. The quantitative estimate of drug-likeness (QED) is 0.842. The molecule has 0 spiro atoms. The van der Waals surface area contributed by atoms with Crippen molar-refractivity contribution in [3.8, 4) is 0 Å². The molecule has 6 nitrogen and oxygen atoms in total. The van der Waals surface area contributed by atoms with Crippen LogP contribution >= 0.6 is 0 Å². The van der Waals surface area contributed by atoms with E-state index in [9.17, 15) is 0 Å². The second-order valence-electron chi connectivity index (χ2n) is 8.03. The van der Waals surface area contributed by atoms with E-state index >= 15 is 0 Å². The van der Waals surface area contributed by atoms with Crippen molar-refractivity contribution in [3.05, 3.63) is 18.0 Å². The summed E-state index contributed by atoms with van der Waals surface area (Å²) in [5.74, 6) is 0.715. The molecule has 3 aliphatic rings. The van der Waals surface area contributed by atoms with Crippen LogP contribution in [-0.2, 0) is 11.3 Å². The minimum atomic E-state index is 0.318. The molecule has 4 rings (SSSR count). The first-order chi connectivity index (χ1) is 12.9. The molecule has 3 heterocycles. The van der Waals surface area contributed by atoms with Gasteiger partial charge in [-0.15, -0.1) is 0 Å². The van der Waals surface area contributed by atoms with E-state index < -0.39 is 0 Å². The van der Waals surface area contributed by atoms with Gasteiger partial charge >= 0.3 is 0 Å². The van der Waals surface area contributed by atoms with E-state index in [-0.39, 0.29) is 0 Å². The molecule has 0 unspecified atom stereocenters. The Morgan fingerprint density at radius 2 is 1.81 bits per heavy atom. The van der Waals surface area contributed by atoms with Crippen LogP contribution in [0.1, 0.15) is 50.5 Å². The van der Waals surface area contributed by atoms with Gasteiger partial charge in [-0.05, 0) is 45.2 Å². The van der Waals surface area contributed by atoms with E-state index in [1.165, 1.54) is 63.7 Å². The Morgan fingerprint density at radius 1 is 0.962 bits per heavy atom. The summed E-state index contributed by atoms with van der Waals surface area (Å²) in [5.41, 5.74) is 1.21. The van der Waals surface area contributed by atoms with Crippen molar-refractivity contribution >= 4 is 5.95 Å². The fourth-order valence-electron chi connectivity index (χ4n) is 4.58. The molecule has 0 bridgehead atoms. The molecular formula is C20H33N5O. The molecule has 2 aliphatic heterocycles. The normalized spacial score (nSPS) is 26.2. The average molecular weight is 360 g/mol. The lowest BCUT2D eigenvalue weighted by molar-refractivity contribution is 0.120. The zero-order valence-corrected chi connectivity index (χ0v) is 15.9. The summed E-state index contributed by atoms with van der Waals surface area (Å²) in [6, 6.07) is 0.854. The minimum Gasteiger partial charge on any atom is -0.376 e. The van der Waals surface area contributed by atoms with Gasteiger partial charge in [0.15, 0.2) is 0 Å². The molecule has 0 radical (unpaired) electrons. The van der Waals surface area contributed by atoms with Crippen molar-refractivity contribution in [3.63, 3.8) is 0 Å². The van der Waals surface area contributed by atoms with Crippen LogP contribution in [0, 0.1) is 0 Å². The van der Waals surface area contributed by atoms with E-state index in [0.717, 1.165) is 38.7 Å². The molecule has 1 saturated carbocycles. The number of nitrogens with zero attached hydrogens (tertiary/aromatic N) is 4. The monoisotopic (exact) mass is 359 g/mol. The summed E-state index contributed by atoms with van der Waals surface area (Å²) in [6.07, 6.45) is 13.5. The van der Waals surface area contributed by atoms with Crippen LogP contribution in [0.4, 0.5) is 5.95 Å². The molecule has 0 amide bonds. The van der Waals surface area contributed by atoms with Gasteiger partial charge in [-0.2, -0.15) is 0 Å². The Morgan fingerprint density at radius 3 is 2.58 bits per heavy atom. The first-order valence-electron chi connectivity index (χ1n) is 10.5. The maximum absolute atomic E-state index is 5.63. The van der Waals surface area contributed by atoms with Gasteiger partial charge in [0.1, 0.15) is 0 Å². The first kappa shape index (κ1) is 18.1. The molecule has 1 atom stereocenters. The molecule has 1 N–H and O–H groups in total. The number of rotatable bonds is 6. The second-order valence-corrected chi connectivity index (χ2v) is 8.03. The van der Waals surface area contributed by atoms with Crippen molar-refractivity contribution in [2.45, 2.75) is 63.6 Å². The van der Waals surface area contributed by atoms with Gasteiger partial charge in [-0.25, -0.2) is 9.97 Å². The standard InChI is InChI=1S/C20H33N5O/c1-2-6-18(5-1)25-9-4-8-24(10-11-25)16-17-13-21-20(22-14-17)23-15-19-7-3-12-26-19/h13-14,18-19H,1-12,15-16H2,(H,21,22,23)/t19-/m0/s1. The predicted molar refractivity (Wildman–Crippen MR) is 103 cm³/mol. The third-order valence-electron chi connectivity index (χ3n) is 6.09. The van der Waals surface area contributed by atoms with Crippen LogP contribution in [0.5, 0.6) is 0 Å². The Hall–Kier alpha value is -1.24. The zero-order valence-electron chi connectivity index (χ0n) is 15.9. The van der Waals surface area contributed by atoms with E-state index in [2.05, 4.69) is 25.1 Å². The van der Waals surface area contributed by atoms with Crippen LogP contribution < -0.4 is 5.32 Å². The molecule has 26 heavy (non-hydrogen) atoms. The molecule has 0 aromatic carbocycles. The number of ether oxygens (including phenoxy) is 1. The molecule has 6 heteroatoms. The average Bonchev–Trinajstić information content (AvgIpc) is 3.34. The van der Waals surface area contributed by atoms with E-state index in [4.69, 9.17) is 4.74 Å². The molecule has 144 valence electrons. The van der Waals surface area contributed by atoms with E-state index in [1.807, 2.05) is 12.4 Å². The van der Waals surface area contributed by atoms with Gasteiger partial charge in [0.2, 0.25) is 5.95 Å². The minimum absolute atomic E-state index is 0.318. The lowest BCUT2D eigenvalue weighted by Crippen LogP contribution is -2.36. The highest BCUT2D eigenvalue weighted by Gasteiger charge is 2.24. The van der Waals surface area contributed by atoms with E-state index in [1.54, 1.807) is 0 Å². The summed E-state index contributed by atoms with van der Waals surface area (Å²) in [7, 11) is 0.